The highest BCUT2D eigenvalue weighted by atomic mass is 16.6. The highest BCUT2D eigenvalue weighted by Crippen LogP contribution is 2.33. The molecule has 3 atom stereocenters. The molecule has 1 saturated carbocycles. The van der Waals surface area contributed by atoms with Crippen LogP contribution in [0.25, 0.3) is 10.8 Å². The van der Waals surface area contributed by atoms with E-state index in [4.69, 9.17) is 9.47 Å². The number of carbonyl (C=O) groups is 1. The topological polar surface area (TPSA) is 35.5 Å². The van der Waals surface area contributed by atoms with Gasteiger partial charge in [-0.25, -0.2) is 4.79 Å². The van der Waals surface area contributed by atoms with Gasteiger partial charge in [-0.3, -0.25) is 0 Å². The summed E-state index contributed by atoms with van der Waals surface area (Å²) in [7, 11) is 0. The molecule has 0 heterocycles. The minimum Gasteiger partial charge on any atom is -0.460 e. The van der Waals surface area contributed by atoms with Gasteiger partial charge < -0.3 is 9.47 Å². The van der Waals surface area contributed by atoms with Gasteiger partial charge in [-0.1, -0.05) is 79.2 Å². The number of ether oxygens (including phenoxy) is 2. The normalized spacial score (nSPS) is 20.0. The Balaban J connectivity index is 1.52. The second kappa shape index (κ2) is 10.1. The summed E-state index contributed by atoms with van der Waals surface area (Å²) in [5, 5.41) is 2.56. The standard InChI is InChI=1S/C28H32O3/c1-20(2)30-27(22-12-4-3-5-13-22)28(29)31-26-18-9-7-14-24(26)19-23-16-10-15-21-11-6-8-17-25(21)23/h3-6,8,10-13,15-17,20,24,26-27H,7,9,14,18-19H2,1-2H3/t24-,26+,27+/m0/s1. The van der Waals surface area contributed by atoms with E-state index in [1.54, 1.807) is 0 Å². The summed E-state index contributed by atoms with van der Waals surface area (Å²) in [6.45, 7) is 3.90. The van der Waals surface area contributed by atoms with Gasteiger partial charge in [0.25, 0.3) is 0 Å². The van der Waals surface area contributed by atoms with E-state index in [0.29, 0.717) is 5.92 Å². The number of hydrogen-bond acceptors (Lipinski definition) is 3. The lowest BCUT2D eigenvalue weighted by atomic mass is 9.81. The van der Waals surface area contributed by atoms with Crippen molar-refractivity contribution in [1.29, 1.82) is 0 Å². The summed E-state index contributed by atoms with van der Waals surface area (Å²) in [6, 6.07) is 24.7. The van der Waals surface area contributed by atoms with Crippen LogP contribution in [0.4, 0.5) is 0 Å². The number of esters is 1. The molecular weight excluding hydrogens is 384 g/mol. The lowest BCUT2D eigenvalue weighted by molar-refractivity contribution is -0.170. The van der Waals surface area contributed by atoms with Crippen LogP contribution >= 0.6 is 0 Å². The molecule has 0 radical (unpaired) electrons. The minimum atomic E-state index is -0.679. The molecule has 3 aromatic carbocycles. The number of hydrogen-bond donors (Lipinski definition) is 0. The molecule has 0 unspecified atom stereocenters. The van der Waals surface area contributed by atoms with Gasteiger partial charge in [0.2, 0.25) is 0 Å². The maximum atomic E-state index is 13.2. The SMILES string of the molecule is CC(C)O[C@@H](C(=O)O[C@@H]1CCCC[C@H]1Cc1cccc2ccccc12)c1ccccc1. The summed E-state index contributed by atoms with van der Waals surface area (Å²) in [5.74, 6) is 0.0636. The van der Waals surface area contributed by atoms with Crippen molar-refractivity contribution in [2.75, 3.05) is 0 Å². The minimum absolute atomic E-state index is 0.0596. The Bertz CT molecular complexity index is 990. The largest absolute Gasteiger partial charge is 0.460 e. The van der Waals surface area contributed by atoms with Gasteiger partial charge in [-0.05, 0) is 67.3 Å². The zero-order chi connectivity index (χ0) is 21.6. The highest BCUT2D eigenvalue weighted by Gasteiger charge is 2.32. The highest BCUT2D eigenvalue weighted by molar-refractivity contribution is 5.85. The molecule has 1 aliphatic rings. The van der Waals surface area contributed by atoms with E-state index in [9.17, 15) is 4.79 Å². The van der Waals surface area contributed by atoms with Gasteiger partial charge in [-0.15, -0.1) is 0 Å². The third-order valence-electron chi connectivity index (χ3n) is 6.19. The molecule has 0 aromatic heterocycles. The molecule has 3 heteroatoms. The molecule has 1 fully saturated rings. The van der Waals surface area contributed by atoms with E-state index in [1.807, 2.05) is 44.2 Å². The van der Waals surface area contributed by atoms with Crippen LogP contribution in [0.3, 0.4) is 0 Å². The smallest absolute Gasteiger partial charge is 0.340 e. The van der Waals surface area contributed by atoms with E-state index in [-0.39, 0.29) is 18.2 Å². The van der Waals surface area contributed by atoms with E-state index >= 15 is 0 Å². The third kappa shape index (κ3) is 5.34. The predicted molar refractivity (Wildman–Crippen MR) is 125 cm³/mol. The molecular formula is C28H32O3. The van der Waals surface area contributed by atoms with Crippen LogP contribution in [0.5, 0.6) is 0 Å². The summed E-state index contributed by atoms with van der Waals surface area (Å²) in [4.78, 5) is 13.2. The van der Waals surface area contributed by atoms with Crippen molar-refractivity contribution in [2.45, 2.75) is 64.3 Å². The predicted octanol–water partition coefficient (Wildman–Crippen LogP) is 6.65. The van der Waals surface area contributed by atoms with Crippen molar-refractivity contribution in [3.8, 4) is 0 Å². The van der Waals surface area contributed by atoms with Crippen LogP contribution in [0.15, 0.2) is 72.8 Å². The van der Waals surface area contributed by atoms with Crippen molar-refractivity contribution in [1.82, 2.24) is 0 Å². The lowest BCUT2D eigenvalue weighted by Gasteiger charge is -2.33. The first kappa shape index (κ1) is 21.6. The molecule has 3 nitrogen and oxygen atoms in total. The fourth-order valence-electron chi connectivity index (χ4n) is 4.70. The van der Waals surface area contributed by atoms with Crippen molar-refractivity contribution in [3.63, 3.8) is 0 Å². The Hall–Kier alpha value is -2.65. The summed E-state index contributed by atoms with van der Waals surface area (Å²) in [6.07, 6.45) is 4.42. The molecule has 0 aliphatic heterocycles. The zero-order valence-electron chi connectivity index (χ0n) is 18.5. The van der Waals surface area contributed by atoms with E-state index < -0.39 is 6.10 Å². The fourth-order valence-corrected chi connectivity index (χ4v) is 4.70. The molecule has 0 amide bonds. The van der Waals surface area contributed by atoms with Crippen LogP contribution in [-0.2, 0) is 20.7 Å². The first-order valence-electron chi connectivity index (χ1n) is 11.5. The van der Waals surface area contributed by atoms with E-state index in [0.717, 1.165) is 31.2 Å². The van der Waals surface area contributed by atoms with Crippen LogP contribution in [0.1, 0.15) is 56.8 Å². The molecule has 1 aliphatic carbocycles. The van der Waals surface area contributed by atoms with Crippen LogP contribution < -0.4 is 0 Å². The van der Waals surface area contributed by atoms with Gasteiger partial charge in [0.15, 0.2) is 6.10 Å². The molecule has 0 N–H and O–H groups in total. The molecule has 0 saturated heterocycles. The van der Waals surface area contributed by atoms with Gasteiger partial charge in [0, 0.05) is 0 Å². The van der Waals surface area contributed by atoms with Crippen molar-refractivity contribution < 1.29 is 14.3 Å². The number of fused-ring (bicyclic) bond motifs is 1. The van der Waals surface area contributed by atoms with Crippen molar-refractivity contribution in [2.24, 2.45) is 5.92 Å². The number of carbonyl (C=O) groups excluding carboxylic acids is 1. The summed E-state index contributed by atoms with van der Waals surface area (Å²) in [5.41, 5.74) is 2.19. The molecule has 162 valence electrons. The Kier molecular flexibility index (Phi) is 7.03. The average Bonchev–Trinajstić information content (AvgIpc) is 2.79. The van der Waals surface area contributed by atoms with Gasteiger partial charge in [0.05, 0.1) is 6.10 Å². The lowest BCUT2D eigenvalue weighted by Crippen LogP contribution is -2.34. The molecule has 4 rings (SSSR count). The van der Waals surface area contributed by atoms with Crippen LogP contribution in [-0.4, -0.2) is 18.2 Å². The fraction of sp³-hybridized carbons (Fsp3) is 0.393. The maximum absolute atomic E-state index is 13.2. The Morgan fingerprint density at radius 1 is 0.903 bits per heavy atom. The molecule has 3 aromatic rings. The zero-order valence-corrected chi connectivity index (χ0v) is 18.5. The van der Waals surface area contributed by atoms with E-state index in [1.165, 1.54) is 22.8 Å². The molecule has 0 spiro atoms. The van der Waals surface area contributed by atoms with Crippen LogP contribution in [0.2, 0.25) is 0 Å². The van der Waals surface area contributed by atoms with Crippen molar-refractivity contribution in [3.05, 3.63) is 83.9 Å². The summed E-state index contributed by atoms with van der Waals surface area (Å²) >= 11 is 0. The van der Waals surface area contributed by atoms with Gasteiger partial charge in [-0.2, -0.15) is 0 Å². The second-order valence-electron chi connectivity index (χ2n) is 8.84. The second-order valence-corrected chi connectivity index (χ2v) is 8.84. The first-order valence-corrected chi connectivity index (χ1v) is 11.5. The monoisotopic (exact) mass is 416 g/mol. The van der Waals surface area contributed by atoms with Crippen LogP contribution in [0, 0.1) is 5.92 Å². The average molecular weight is 417 g/mol. The Morgan fingerprint density at radius 2 is 1.61 bits per heavy atom. The van der Waals surface area contributed by atoms with E-state index in [2.05, 4.69) is 42.5 Å². The number of rotatable bonds is 7. The maximum Gasteiger partial charge on any atom is 0.340 e. The molecule has 0 bridgehead atoms. The number of benzene rings is 3. The van der Waals surface area contributed by atoms with Crippen molar-refractivity contribution >= 4 is 16.7 Å². The van der Waals surface area contributed by atoms with Gasteiger partial charge in [0.1, 0.15) is 6.10 Å². The third-order valence-corrected chi connectivity index (χ3v) is 6.19. The Morgan fingerprint density at radius 3 is 2.42 bits per heavy atom. The summed E-state index contributed by atoms with van der Waals surface area (Å²) < 4.78 is 12.1. The first-order chi connectivity index (χ1) is 15.1. The quantitative estimate of drug-likeness (QED) is 0.405. The molecule has 31 heavy (non-hydrogen) atoms. The Labute approximate surface area is 185 Å². The van der Waals surface area contributed by atoms with Gasteiger partial charge >= 0.3 is 5.97 Å².